The summed E-state index contributed by atoms with van der Waals surface area (Å²) in [6.45, 7) is 1.68. The fourth-order valence-electron chi connectivity index (χ4n) is 1.57. The predicted octanol–water partition coefficient (Wildman–Crippen LogP) is 5.22. The van der Waals surface area contributed by atoms with Crippen molar-refractivity contribution in [1.82, 2.24) is 0 Å². The van der Waals surface area contributed by atoms with E-state index in [0.29, 0.717) is 21.5 Å². The Kier molecular flexibility index (Phi) is 4.21. The molecule has 0 saturated heterocycles. The Labute approximate surface area is 126 Å². The number of nitrogens with zero attached hydrogens (tertiary/aromatic N) is 1. The van der Waals surface area contributed by atoms with E-state index in [2.05, 4.69) is 31.9 Å². The van der Waals surface area contributed by atoms with Crippen LogP contribution >= 0.6 is 31.9 Å². The smallest absolute Gasteiger partial charge is 0.273 e. The molecule has 0 radical (unpaired) electrons. The Bertz CT molecular complexity index is 644. The summed E-state index contributed by atoms with van der Waals surface area (Å²) in [5, 5.41) is 10.8. The van der Waals surface area contributed by atoms with Crippen LogP contribution in [0.2, 0.25) is 0 Å². The zero-order valence-electron chi connectivity index (χ0n) is 9.89. The lowest BCUT2D eigenvalue weighted by molar-refractivity contribution is -0.385. The molecule has 0 N–H and O–H groups in total. The maximum absolute atomic E-state index is 10.8. The van der Waals surface area contributed by atoms with E-state index in [9.17, 15) is 10.1 Å². The molecule has 0 heterocycles. The summed E-state index contributed by atoms with van der Waals surface area (Å²) in [4.78, 5) is 10.4. The quantitative estimate of drug-likeness (QED) is 0.536. The third-order valence-electron chi connectivity index (χ3n) is 2.50. The number of nitro benzene ring substituents is 1. The molecule has 0 saturated carbocycles. The number of ether oxygens (including phenoxy) is 1. The van der Waals surface area contributed by atoms with E-state index in [4.69, 9.17) is 4.74 Å². The Morgan fingerprint density at radius 1 is 1.11 bits per heavy atom. The van der Waals surface area contributed by atoms with Gasteiger partial charge in [0.2, 0.25) is 0 Å². The molecular weight excluding hydrogens is 378 g/mol. The minimum Gasteiger partial charge on any atom is -0.455 e. The molecule has 0 atom stereocenters. The molecule has 6 heteroatoms. The van der Waals surface area contributed by atoms with E-state index < -0.39 is 4.92 Å². The number of rotatable bonds is 3. The van der Waals surface area contributed by atoms with Crippen molar-refractivity contribution >= 4 is 37.5 Å². The van der Waals surface area contributed by atoms with Crippen molar-refractivity contribution in [2.45, 2.75) is 6.92 Å². The second-order valence-corrected chi connectivity index (χ2v) is 5.57. The maximum Gasteiger partial charge on any atom is 0.273 e. The van der Waals surface area contributed by atoms with Crippen LogP contribution in [0.5, 0.6) is 11.5 Å². The Morgan fingerprint density at radius 2 is 1.79 bits per heavy atom. The standard InChI is InChI=1S/C13H9Br2NO3/c1-8-6-13(10(15)7-11(8)16(17)18)19-12-5-3-2-4-9(12)14/h2-7H,1H3. The largest absolute Gasteiger partial charge is 0.455 e. The van der Waals surface area contributed by atoms with Gasteiger partial charge < -0.3 is 4.74 Å². The molecule has 2 aromatic rings. The highest BCUT2D eigenvalue weighted by Crippen LogP contribution is 2.37. The van der Waals surface area contributed by atoms with Gasteiger partial charge in [-0.2, -0.15) is 0 Å². The van der Waals surface area contributed by atoms with Crippen LogP contribution in [0, 0.1) is 17.0 Å². The molecule has 0 amide bonds. The SMILES string of the molecule is Cc1cc(Oc2ccccc2Br)c(Br)cc1[N+](=O)[O-]. The third kappa shape index (κ3) is 3.13. The fourth-order valence-corrected chi connectivity index (χ4v) is 2.34. The minimum absolute atomic E-state index is 0.0614. The molecule has 0 bridgehead atoms. The average Bonchev–Trinajstić information content (AvgIpc) is 2.35. The van der Waals surface area contributed by atoms with Crippen LogP contribution in [-0.4, -0.2) is 4.92 Å². The topological polar surface area (TPSA) is 52.4 Å². The molecule has 0 unspecified atom stereocenters. The van der Waals surface area contributed by atoms with Crippen molar-refractivity contribution in [2.24, 2.45) is 0 Å². The van der Waals surface area contributed by atoms with E-state index in [-0.39, 0.29) is 5.69 Å². The van der Waals surface area contributed by atoms with Crippen LogP contribution < -0.4 is 4.74 Å². The van der Waals surface area contributed by atoms with Crippen molar-refractivity contribution in [3.8, 4) is 11.5 Å². The maximum atomic E-state index is 10.8. The van der Waals surface area contributed by atoms with Crippen LogP contribution in [-0.2, 0) is 0 Å². The lowest BCUT2D eigenvalue weighted by Gasteiger charge is -2.10. The Balaban J connectivity index is 2.39. The summed E-state index contributed by atoms with van der Waals surface area (Å²) < 4.78 is 7.10. The molecule has 0 aliphatic rings. The fraction of sp³-hybridized carbons (Fsp3) is 0.0769. The molecular formula is C13H9Br2NO3. The first-order valence-electron chi connectivity index (χ1n) is 5.36. The first-order valence-corrected chi connectivity index (χ1v) is 6.94. The summed E-state index contributed by atoms with van der Waals surface area (Å²) in [6, 6.07) is 10.5. The van der Waals surface area contributed by atoms with E-state index in [1.165, 1.54) is 6.07 Å². The van der Waals surface area contributed by atoms with Crippen molar-refractivity contribution in [2.75, 3.05) is 0 Å². The second-order valence-electron chi connectivity index (χ2n) is 3.86. The van der Waals surface area contributed by atoms with Gasteiger partial charge in [0.1, 0.15) is 11.5 Å². The molecule has 2 aromatic carbocycles. The zero-order valence-corrected chi connectivity index (χ0v) is 13.1. The van der Waals surface area contributed by atoms with E-state index in [1.807, 2.05) is 24.3 Å². The normalized spacial score (nSPS) is 10.3. The minimum atomic E-state index is -0.414. The number of benzene rings is 2. The first-order chi connectivity index (χ1) is 8.99. The van der Waals surface area contributed by atoms with Gasteiger partial charge in [-0.15, -0.1) is 0 Å². The zero-order chi connectivity index (χ0) is 14.0. The van der Waals surface area contributed by atoms with Gasteiger partial charge in [0, 0.05) is 11.6 Å². The number of aryl methyl sites for hydroxylation is 1. The number of nitro groups is 1. The van der Waals surface area contributed by atoms with Gasteiger partial charge in [-0.05, 0) is 57.0 Å². The molecule has 98 valence electrons. The van der Waals surface area contributed by atoms with Gasteiger partial charge in [0.25, 0.3) is 5.69 Å². The highest BCUT2D eigenvalue weighted by atomic mass is 79.9. The van der Waals surface area contributed by atoms with Gasteiger partial charge in [0.15, 0.2) is 0 Å². The summed E-state index contributed by atoms with van der Waals surface area (Å²) in [5.41, 5.74) is 0.613. The monoisotopic (exact) mass is 385 g/mol. The molecule has 0 aliphatic heterocycles. The predicted molar refractivity (Wildman–Crippen MR) is 79.7 cm³/mol. The van der Waals surface area contributed by atoms with Crippen molar-refractivity contribution < 1.29 is 9.66 Å². The molecule has 0 aliphatic carbocycles. The molecule has 0 fully saturated rings. The van der Waals surface area contributed by atoms with Crippen LogP contribution in [0.4, 0.5) is 5.69 Å². The third-order valence-corrected chi connectivity index (χ3v) is 3.78. The van der Waals surface area contributed by atoms with E-state index >= 15 is 0 Å². The lowest BCUT2D eigenvalue weighted by Crippen LogP contribution is -1.94. The van der Waals surface area contributed by atoms with E-state index in [1.54, 1.807) is 13.0 Å². The van der Waals surface area contributed by atoms with Crippen LogP contribution in [0.1, 0.15) is 5.56 Å². The Hall–Kier alpha value is -1.40. The molecule has 2 rings (SSSR count). The molecule has 4 nitrogen and oxygen atoms in total. The van der Waals surface area contributed by atoms with Crippen LogP contribution in [0.25, 0.3) is 0 Å². The van der Waals surface area contributed by atoms with Gasteiger partial charge in [0.05, 0.1) is 13.9 Å². The summed E-state index contributed by atoms with van der Waals surface area (Å²) in [5.74, 6) is 1.19. The lowest BCUT2D eigenvalue weighted by atomic mass is 10.2. The molecule has 19 heavy (non-hydrogen) atoms. The summed E-state index contributed by atoms with van der Waals surface area (Å²) in [7, 11) is 0. The van der Waals surface area contributed by atoms with Crippen molar-refractivity contribution in [3.63, 3.8) is 0 Å². The number of hydrogen-bond donors (Lipinski definition) is 0. The van der Waals surface area contributed by atoms with Crippen LogP contribution in [0.15, 0.2) is 45.3 Å². The van der Waals surface area contributed by atoms with Crippen LogP contribution in [0.3, 0.4) is 0 Å². The number of hydrogen-bond acceptors (Lipinski definition) is 3. The first kappa shape index (κ1) is 14.0. The highest BCUT2D eigenvalue weighted by molar-refractivity contribution is 9.11. The van der Waals surface area contributed by atoms with Gasteiger partial charge in [-0.1, -0.05) is 12.1 Å². The van der Waals surface area contributed by atoms with Crippen molar-refractivity contribution in [3.05, 3.63) is 61.0 Å². The molecule has 0 aromatic heterocycles. The highest BCUT2D eigenvalue weighted by Gasteiger charge is 2.15. The van der Waals surface area contributed by atoms with Gasteiger partial charge in [-0.25, -0.2) is 0 Å². The average molecular weight is 387 g/mol. The van der Waals surface area contributed by atoms with Gasteiger partial charge >= 0.3 is 0 Å². The van der Waals surface area contributed by atoms with Gasteiger partial charge in [-0.3, -0.25) is 10.1 Å². The molecule has 0 spiro atoms. The van der Waals surface area contributed by atoms with Crippen molar-refractivity contribution in [1.29, 1.82) is 0 Å². The summed E-state index contributed by atoms with van der Waals surface area (Å²) in [6.07, 6.45) is 0. The Morgan fingerprint density at radius 3 is 2.42 bits per heavy atom. The number of halogens is 2. The van der Waals surface area contributed by atoms with E-state index in [0.717, 1.165) is 4.47 Å². The second kappa shape index (κ2) is 5.71. The number of para-hydroxylation sites is 1. The summed E-state index contributed by atoms with van der Waals surface area (Å²) >= 11 is 6.67.